The molecule has 0 saturated heterocycles. The number of fused-ring (bicyclic) bond motifs is 1. The molecule has 0 atom stereocenters. The molecule has 4 nitrogen and oxygen atoms in total. The van der Waals surface area contributed by atoms with E-state index in [9.17, 15) is 13.2 Å². The van der Waals surface area contributed by atoms with Crippen molar-refractivity contribution in [3.63, 3.8) is 0 Å². The molecule has 0 saturated carbocycles. The first kappa shape index (κ1) is 16.2. The molecule has 0 unspecified atom stereocenters. The molecule has 1 heterocycles. The van der Waals surface area contributed by atoms with Crippen LogP contribution in [0.15, 0.2) is 51.8 Å². The van der Waals surface area contributed by atoms with Gasteiger partial charge < -0.3 is 4.90 Å². The van der Waals surface area contributed by atoms with Crippen LogP contribution >= 0.6 is 15.9 Å². The number of hydrogen-bond acceptors (Lipinski definition) is 3. The molecule has 1 aliphatic rings. The number of carbonyl (C=O) groups is 1. The molecule has 0 bridgehead atoms. The maximum Gasteiger partial charge on any atom is 0.258 e. The highest BCUT2D eigenvalue weighted by molar-refractivity contribution is 9.10. The van der Waals surface area contributed by atoms with Gasteiger partial charge in [0.15, 0.2) is 9.84 Å². The molecular weight excluding hydrogens is 378 g/mol. The average molecular weight is 394 g/mol. The Morgan fingerprint density at radius 1 is 1.17 bits per heavy atom. The summed E-state index contributed by atoms with van der Waals surface area (Å²) in [6.07, 6.45) is 2.97. The predicted molar refractivity (Wildman–Crippen MR) is 93.7 cm³/mol. The van der Waals surface area contributed by atoms with Crippen molar-refractivity contribution in [1.29, 1.82) is 0 Å². The van der Waals surface area contributed by atoms with Gasteiger partial charge in [0.2, 0.25) is 0 Å². The fourth-order valence-electron chi connectivity index (χ4n) is 2.79. The van der Waals surface area contributed by atoms with Crippen LogP contribution in [-0.4, -0.2) is 27.1 Å². The van der Waals surface area contributed by atoms with Gasteiger partial charge in [0.25, 0.3) is 5.91 Å². The van der Waals surface area contributed by atoms with Gasteiger partial charge in [-0.15, -0.1) is 0 Å². The molecule has 0 fully saturated rings. The zero-order valence-corrected chi connectivity index (χ0v) is 15.0. The molecule has 0 spiro atoms. The monoisotopic (exact) mass is 393 g/mol. The van der Waals surface area contributed by atoms with Gasteiger partial charge in [-0.2, -0.15) is 0 Å². The van der Waals surface area contributed by atoms with E-state index < -0.39 is 9.84 Å². The first-order valence-electron chi connectivity index (χ1n) is 7.27. The minimum atomic E-state index is -3.33. The maximum atomic E-state index is 12.8. The van der Waals surface area contributed by atoms with E-state index in [4.69, 9.17) is 0 Å². The van der Waals surface area contributed by atoms with E-state index in [1.54, 1.807) is 17.0 Å². The second kappa shape index (κ2) is 6.09. The number of halogens is 1. The van der Waals surface area contributed by atoms with Crippen LogP contribution in [0, 0.1) is 0 Å². The highest BCUT2D eigenvalue weighted by Crippen LogP contribution is 2.31. The Morgan fingerprint density at radius 3 is 2.70 bits per heavy atom. The number of benzene rings is 2. The Balaban J connectivity index is 2.00. The molecule has 23 heavy (non-hydrogen) atoms. The fraction of sp³-hybridized carbons (Fsp3) is 0.235. The Morgan fingerprint density at radius 2 is 1.96 bits per heavy atom. The number of amides is 1. The van der Waals surface area contributed by atoms with Crippen LogP contribution in [0.1, 0.15) is 22.3 Å². The Kier molecular flexibility index (Phi) is 4.29. The summed E-state index contributed by atoms with van der Waals surface area (Å²) in [5.74, 6) is -0.168. The summed E-state index contributed by atoms with van der Waals surface area (Å²) in [6, 6.07) is 12.1. The molecule has 0 aromatic heterocycles. The van der Waals surface area contributed by atoms with Crippen molar-refractivity contribution < 1.29 is 13.2 Å². The maximum absolute atomic E-state index is 12.8. The number of sulfone groups is 1. The van der Waals surface area contributed by atoms with Crippen molar-refractivity contribution in [2.24, 2.45) is 0 Å². The van der Waals surface area contributed by atoms with Crippen LogP contribution in [0.2, 0.25) is 0 Å². The summed E-state index contributed by atoms with van der Waals surface area (Å²) in [7, 11) is -3.33. The lowest BCUT2D eigenvalue weighted by atomic mass is 10.0. The largest absolute Gasteiger partial charge is 0.308 e. The number of nitrogens with zero attached hydrogens (tertiary/aromatic N) is 1. The van der Waals surface area contributed by atoms with Crippen LogP contribution < -0.4 is 4.90 Å². The molecule has 1 aliphatic heterocycles. The van der Waals surface area contributed by atoms with Gasteiger partial charge in [-0.3, -0.25) is 4.79 Å². The highest BCUT2D eigenvalue weighted by atomic mass is 79.9. The molecule has 6 heteroatoms. The van der Waals surface area contributed by atoms with E-state index in [1.165, 1.54) is 12.1 Å². The van der Waals surface area contributed by atoms with Crippen LogP contribution in [0.4, 0.5) is 5.69 Å². The SMILES string of the molecule is CS(=O)(=O)c1cccc(C(=O)N2CCCc3cc(Br)ccc32)c1. The molecule has 3 rings (SSSR count). The molecule has 2 aromatic rings. The smallest absolute Gasteiger partial charge is 0.258 e. The van der Waals surface area contributed by atoms with Crippen molar-refractivity contribution >= 4 is 37.4 Å². The molecule has 2 aromatic carbocycles. The van der Waals surface area contributed by atoms with Gasteiger partial charge >= 0.3 is 0 Å². The first-order chi connectivity index (χ1) is 10.9. The lowest BCUT2D eigenvalue weighted by molar-refractivity contribution is 0.0985. The summed E-state index contributed by atoms with van der Waals surface area (Å²) < 4.78 is 24.4. The van der Waals surface area contributed by atoms with Crippen LogP contribution in [0.3, 0.4) is 0 Å². The van der Waals surface area contributed by atoms with Gasteiger partial charge in [0, 0.05) is 28.5 Å². The quantitative estimate of drug-likeness (QED) is 0.784. The molecule has 0 radical (unpaired) electrons. The highest BCUT2D eigenvalue weighted by Gasteiger charge is 2.24. The van der Waals surface area contributed by atoms with E-state index in [0.29, 0.717) is 12.1 Å². The van der Waals surface area contributed by atoms with Crippen molar-refractivity contribution in [3.8, 4) is 0 Å². The van der Waals surface area contributed by atoms with Crippen molar-refractivity contribution in [2.75, 3.05) is 17.7 Å². The summed E-state index contributed by atoms with van der Waals surface area (Å²) in [5.41, 5.74) is 2.41. The lowest BCUT2D eigenvalue weighted by Crippen LogP contribution is -2.35. The summed E-state index contributed by atoms with van der Waals surface area (Å²) in [5, 5.41) is 0. The second-order valence-electron chi connectivity index (χ2n) is 5.63. The summed E-state index contributed by atoms with van der Waals surface area (Å²) in [6.45, 7) is 0.635. The number of rotatable bonds is 2. The standard InChI is InChI=1S/C17H16BrNO3S/c1-23(21,22)15-6-2-4-13(11-15)17(20)19-9-3-5-12-10-14(18)7-8-16(12)19/h2,4,6-8,10-11H,3,5,9H2,1H3. The topological polar surface area (TPSA) is 54.5 Å². The van der Waals surface area contributed by atoms with E-state index >= 15 is 0 Å². The van der Waals surface area contributed by atoms with Crippen LogP contribution in [0.5, 0.6) is 0 Å². The van der Waals surface area contributed by atoms with E-state index in [2.05, 4.69) is 15.9 Å². The van der Waals surface area contributed by atoms with Crippen LogP contribution in [0.25, 0.3) is 0 Å². The normalized spacial score (nSPS) is 14.4. The molecule has 1 amide bonds. The Hall–Kier alpha value is -1.66. The lowest BCUT2D eigenvalue weighted by Gasteiger charge is -2.29. The number of anilines is 1. The van der Waals surface area contributed by atoms with Gasteiger partial charge in [0.05, 0.1) is 4.90 Å². The zero-order valence-electron chi connectivity index (χ0n) is 12.6. The summed E-state index contributed by atoms with van der Waals surface area (Å²) >= 11 is 3.45. The second-order valence-corrected chi connectivity index (χ2v) is 8.56. The molecule has 120 valence electrons. The molecular formula is C17H16BrNO3S. The van der Waals surface area contributed by atoms with Crippen molar-refractivity contribution in [1.82, 2.24) is 0 Å². The minimum Gasteiger partial charge on any atom is -0.308 e. The fourth-order valence-corrected chi connectivity index (χ4v) is 3.87. The van der Waals surface area contributed by atoms with Crippen LogP contribution in [-0.2, 0) is 16.3 Å². The third kappa shape index (κ3) is 3.33. The Bertz CT molecular complexity index is 877. The van der Waals surface area contributed by atoms with Gasteiger partial charge in [-0.25, -0.2) is 8.42 Å². The van der Waals surface area contributed by atoms with Gasteiger partial charge in [-0.05, 0) is 54.8 Å². The number of hydrogen-bond donors (Lipinski definition) is 0. The third-order valence-corrected chi connectivity index (χ3v) is 5.52. The Labute approximate surface area is 144 Å². The predicted octanol–water partition coefficient (Wildman–Crippen LogP) is 3.45. The first-order valence-corrected chi connectivity index (χ1v) is 9.95. The van der Waals surface area contributed by atoms with Gasteiger partial charge in [0.1, 0.15) is 0 Å². The number of aryl methyl sites for hydroxylation is 1. The van der Waals surface area contributed by atoms with E-state index in [1.807, 2.05) is 18.2 Å². The molecule has 0 aliphatic carbocycles. The van der Waals surface area contributed by atoms with Gasteiger partial charge in [-0.1, -0.05) is 22.0 Å². The third-order valence-electron chi connectivity index (χ3n) is 3.91. The van der Waals surface area contributed by atoms with E-state index in [0.717, 1.165) is 34.8 Å². The number of carbonyl (C=O) groups excluding carboxylic acids is 1. The van der Waals surface area contributed by atoms with E-state index in [-0.39, 0.29) is 10.8 Å². The minimum absolute atomic E-state index is 0.163. The van der Waals surface area contributed by atoms with Crippen molar-refractivity contribution in [2.45, 2.75) is 17.7 Å². The summed E-state index contributed by atoms with van der Waals surface area (Å²) in [4.78, 5) is 14.7. The zero-order chi connectivity index (χ0) is 16.6. The average Bonchev–Trinajstić information content (AvgIpc) is 2.52. The van der Waals surface area contributed by atoms with Crippen molar-refractivity contribution in [3.05, 3.63) is 58.1 Å². The molecule has 0 N–H and O–H groups in total.